The summed E-state index contributed by atoms with van der Waals surface area (Å²) in [6.07, 6.45) is 1.32. The van der Waals surface area contributed by atoms with Crippen molar-refractivity contribution in [2.75, 3.05) is 23.3 Å². The summed E-state index contributed by atoms with van der Waals surface area (Å²) in [6, 6.07) is 6.47. The number of pyridine rings is 1. The molecule has 0 aliphatic carbocycles. The van der Waals surface area contributed by atoms with Crippen molar-refractivity contribution in [2.45, 2.75) is 51.2 Å². The molecule has 2 fully saturated rings. The Hall–Kier alpha value is -2.94. The van der Waals surface area contributed by atoms with Crippen molar-refractivity contribution in [2.24, 2.45) is 0 Å². The molecular formula is C23H25F3N6. The fourth-order valence-electron chi connectivity index (χ4n) is 4.76. The zero-order valence-corrected chi connectivity index (χ0v) is 17.9. The van der Waals surface area contributed by atoms with E-state index in [0.717, 1.165) is 30.2 Å². The van der Waals surface area contributed by atoms with Crippen LogP contribution in [-0.2, 0) is 0 Å². The molecule has 6 nitrogen and oxygen atoms in total. The second-order valence-electron chi connectivity index (χ2n) is 8.64. The van der Waals surface area contributed by atoms with Gasteiger partial charge in [-0.3, -0.25) is 0 Å². The molecule has 2 aliphatic rings. The van der Waals surface area contributed by atoms with Gasteiger partial charge < -0.3 is 15.5 Å². The summed E-state index contributed by atoms with van der Waals surface area (Å²) in [6.45, 7) is 5.32. The van der Waals surface area contributed by atoms with Gasteiger partial charge in [0.25, 0.3) is 6.43 Å². The van der Waals surface area contributed by atoms with Crippen LogP contribution >= 0.6 is 0 Å². The Morgan fingerprint density at radius 1 is 1.12 bits per heavy atom. The van der Waals surface area contributed by atoms with Crippen LogP contribution in [0.2, 0.25) is 0 Å². The van der Waals surface area contributed by atoms with Crippen molar-refractivity contribution in [1.29, 1.82) is 0 Å². The largest absolute Gasteiger partial charge is 0.367 e. The highest BCUT2D eigenvalue weighted by Gasteiger charge is 2.32. The number of nitrogens with zero attached hydrogens (tertiary/aromatic N) is 4. The molecule has 32 heavy (non-hydrogen) atoms. The Morgan fingerprint density at radius 3 is 2.56 bits per heavy atom. The molecule has 2 aromatic heterocycles. The SMILES string of the molecule is Cc1nc(N[C@H](C)c2cccc(C(F)F)c2F)c2cc(N3CC4CCC(C3)N4)cnc2n1. The third-order valence-corrected chi connectivity index (χ3v) is 6.34. The van der Waals surface area contributed by atoms with E-state index in [4.69, 9.17) is 0 Å². The van der Waals surface area contributed by atoms with E-state index in [9.17, 15) is 13.2 Å². The number of hydrogen-bond donors (Lipinski definition) is 2. The van der Waals surface area contributed by atoms with Crippen molar-refractivity contribution >= 4 is 22.5 Å². The normalized spacial score (nSPS) is 21.4. The van der Waals surface area contributed by atoms with E-state index in [1.807, 2.05) is 12.3 Å². The number of nitrogens with one attached hydrogen (secondary N) is 2. The molecule has 9 heteroatoms. The molecule has 0 amide bonds. The Morgan fingerprint density at radius 2 is 1.84 bits per heavy atom. The zero-order valence-electron chi connectivity index (χ0n) is 17.9. The molecule has 0 saturated carbocycles. The summed E-state index contributed by atoms with van der Waals surface area (Å²) in [5.74, 6) is 0.136. The first-order valence-corrected chi connectivity index (χ1v) is 10.9. The summed E-state index contributed by atoms with van der Waals surface area (Å²) >= 11 is 0. The van der Waals surface area contributed by atoms with E-state index in [1.165, 1.54) is 25.0 Å². The maximum absolute atomic E-state index is 14.7. The van der Waals surface area contributed by atoms with Gasteiger partial charge in [0.15, 0.2) is 5.65 Å². The Bertz CT molecular complexity index is 1140. The van der Waals surface area contributed by atoms with Crippen molar-refractivity contribution in [1.82, 2.24) is 20.3 Å². The summed E-state index contributed by atoms with van der Waals surface area (Å²) in [7, 11) is 0. The van der Waals surface area contributed by atoms with Crippen LogP contribution in [0.5, 0.6) is 0 Å². The molecule has 168 valence electrons. The second-order valence-corrected chi connectivity index (χ2v) is 8.64. The molecule has 5 rings (SSSR count). The predicted octanol–water partition coefficient (Wildman–Crippen LogP) is 4.52. The molecule has 3 aromatic rings. The van der Waals surface area contributed by atoms with Crippen LogP contribution in [0.15, 0.2) is 30.5 Å². The molecule has 4 heterocycles. The molecule has 0 radical (unpaired) electrons. The minimum Gasteiger partial charge on any atom is -0.367 e. The third-order valence-electron chi connectivity index (χ3n) is 6.34. The number of halogens is 3. The quantitative estimate of drug-likeness (QED) is 0.606. The number of anilines is 2. The van der Waals surface area contributed by atoms with Crippen LogP contribution in [0.3, 0.4) is 0 Å². The minimum atomic E-state index is -2.87. The number of piperazine rings is 1. The highest BCUT2D eigenvalue weighted by Crippen LogP contribution is 2.32. The fourth-order valence-corrected chi connectivity index (χ4v) is 4.76. The Balaban J connectivity index is 1.49. The minimum absolute atomic E-state index is 0.162. The molecule has 2 unspecified atom stereocenters. The van der Waals surface area contributed by atoms with E-state index in [2.05, 4.69) is 30.5 Å². The lowest BCUT2D eigenvalue weighted by Crippen LogP contribution is -2.51. The van der Waals surface area contributed by atoms with Crippen molar-refractivity contribution < 1.29 is 13.2 Å². The van der Waals surface area contributed by atoms with Gasteiger partial charge in [-0.25, -0.2) is 28.1 Å². The molecule has 0 spiro atoms. The van der Waals surface area contributed by atoms with Crippen LogP contribution in [0.1, 0.15) is 49.2 Å². The van der Waals surface area contributed by atoms with E-state index in [-0.39, 0.29) is 5.56 Å². The summed E-state index contributed by atoms with van der Waals surface area (Å²) in [5, 5.41) is 7.54. The van der Waals surface area contributed by atoms with E-state index in [0.29, 0.717) is 29.4 Å². The molecule has 2 N–H and O–H groups in total. The first kappa shape index (κ1) is 20.9. The fraction of sp³-hybridized carbons (Fsp3) is 0.435. The van der Waals surface area contributed by atoms with Gasteiger partial charge in [-0.15, -0.1) is 0 Å². The van der Waals surface area contributed by atoms with Crippen LogP contribution < -0.4 is 15.5 Å². The lowest BCUT2D eigenvalue weighted by molar-refractivity contribution is 0.146. The molecular weight excluding hydrogens is 417 g/mol. The van der Waals surface area contributed by atoms with Gasteiger partial charge >= 0.3 is 0 Å². The number of benzene rings is 1. The van der Waals surface area contributed by atoms with Gasteiger partial charge in [0.05, 0.1) is 28.9 Å². The highest BCUT2D eigenvalue weighted by atomic mass is 19.3. The number of aryl methyl sites for hydroxylation is 1. The van der Waals surface area contributed by atoms with Gasteiger partial charge in [0.2, 0.25) is 0 Å². The Kier molecular flexibility index (Phi) is 5.36. The standard InChI is InChI=1S/C23H25F3N6/c1-12(17-4-3-5-18(20(17)24)21(25)26)28-23-19-8-16(9-27-22(19)29-13(2)30-23)32-10-14-6-7-15(11-32)31-14/h3-5,8-9,12,14-15,21,31H,6-7,10-11H2,1-2H3,(H,27,28,29,30)/t12-,14?,15?/m1/s1. The average Bonchev–Trinajstić information content (AvgIpc) is 3.10. The van der Waals surface area contributed by atoms with E-state index >= 15 is 0 Å². The van der Waals surface area contributed by atoms with Crippen LogP contribution in [0.4, 0.5) is 24.7 Å². The molecule has 2 aliphatic heterocycles. The van der Waals surface area contributed by atoms with E-state index in [1.54, 1.807) is 13.8 Å². The number of alkyl halides is 2. The molecule has 1 aromatic carbocycles. The third kappa shape index (κ3) is 3.85. The first-order valence-electron chi connectivity index (χ1n) is 10.9. The maximum atomic E-state index is 14.7. The zero-order chi connectivity index (χ0) is 22.4. The number of aromatic nitrogens is 3. The number of fused-ring (bicyclic) bond motifs is 3. The molecule has 2 bridgehead atoms. The second kappa shape index (κ2) is 8.20. The number of rotatable bonds is 5. The van der Waals surface area contributed by atoms with Gasteiger partial charge in [0, 0.05) is 30.7 Å². The van der Waals surface area contributed by atoms with Crippen LogP contribution in [0, 0.1) is 12.7 Å². The topological polar surface area (TPSA) is 66.0 Å². The summed E-state index contributed by atoms with van der Waals surface area (Å²) < 4.78 is 41.0. The Labute approximate surface area is 184 Å². The molecule has 3 atom stereocenters. The van der Waals surface area contributed by atoms with Crippen LogP contribution in [0.25, 0.3) is 11.0 Å². The van der Waals surface area contributed by atoms with E-state index < -0.39 is 23.8 Å². The van der Waals surface area contributed by atoms with Crippen molar-refractivity contribution in [3.05, 3.63) is 53.2 Å². The van der Waals surface area contributed by atoms with Crippen molar-refractivity contribution in [3.63, 3.8) is 0 Å². The first-order chi connectivity index (χ1) is 15.4. The van der Waals surface area contributed by atoms with Gasteiger partial charge in [-0.1, -0.05) is 18.2 Å². The lowest BCUT2D eigenvalue weighted by atomic mass is 10.0. The molecule has 2 saturated heterocycles. The highest BCUT2D eigenvalue weighted by molar-refractivity contribution is 5.89. The predicted molar refractivity (Wildman–Crippen MR) is 118 cm³/mol. The van der Waals surface area contributed by atoms with Gasteiger partial charge in [-0.2, -0.15) is 0 Å². The summed E-state index contributed by atoms with van der Waals surface area (Å²) in [4.78, 5) is 15.8. The van der Waals surface area contributed by atoms with Crippen molar-refractivity contribution in [3.8, 4) is 0 Å². The average molecular weight is 442 g/mol. The van der Waals surface area contributed by atoms with Gasteiger partial charge in [0.1, 0.15) is 17.5 Å². The smallest absolute Gasteiger partial charge is 0.266 e. The monoisotopic (exact) mass is 442 g/mol. The maximum Gasteiger partial charge on any atom is 0.266 e. The van der Waals surface area contributed by atoms with Crippen LogP contribution in [-0.4, -0.2) is 40.1 Å². The number of hydrogen-bond acceptors (Lipinski definition) is 6. The lowest BCUT2D eigenvalue weighted by Gasteiger charge is -2.34. The summed E-state index contributed by atoms with van der Waals surface area (Å²) in [5.41, 5.74) is 1.09. The van der Waals surface area contributed by atoms with Gasteiger partial charge in [-0.05, 0) is 32.8 Å².